The maximum absolute atomic E-state index is 5.85. The molecule has 1 aliphatic rings. The van der Waals surface area contributed by atoms with E-state index < -0.39 is 0 Å². The number of ether oxygens (including phenoxy) is 1. The van der Waals surface area contributed by atoms with Crippen LogP contribution in [-0.2, 0) is 4.74 Å². The molecule has 102 valence electrons. The van der Waals surface area contributed by atoms with E-state index in [-0.39, 0.29) is 0 Å². The quantitative estimate of drug-likeness (QED) is 0.902. The second-order valence-corrected chi connectivity index (χ2v) is 4.79. The highest BCUT2D eigenvalue weighted by Crippen LogP contribution is 2.24. The first-order chi connectivity index (χ1) is 9.28. The zero-order valence-corrected chi connectivity index (χ0v) is 11.1. The average Bonchev–Trinajstić information content (AvgIpc) is 2.87. The maximum atomic E-state index is 5.85. The minimum atomic E-state index is 0.373. The Bertz CT molecular complexity index is 559. The van der Waals surface area contributed by atoms with Gasteiger partial charge in [0.2, 0.25) is 0 Å². The molecule has 0 spiro atoms. The number of rotatable bonds is 3. The third-order valence-electron chi connectivity index (χ3n) is 3.52. The zero-order chi connectivity index (χ0) is 13.2. The average molecular weight is 261 g/mol. The van der Waals surface area contributed by atoms with Crippen LogP contribution in [0.2, 0.25) is 0 Å². The maximum Gasteiger partial charge on any atom is 0.180 e. The number of nitrogens with zero attached hydrogens (tertiary/aromatic N) is 4. The SMILES string of the molecule is CCOC1CCN(c2nc(N)cn3ccnc23)CC1. The predicted octanol–water partition coefficient (Wildman–Crippen LogP) is 1.32. The second-order valence-electron chi connectivity index (χ2n) is 4.79. The number of nitrogens with two attached hydrogens (primary N) is 1. The number of nitrogen functional groups attached to an aromatic ring is 1. The minimum Gasteiger partial charge on any atom is -0.382 e. The van der Waals surface area contributed by atoms with Gasteiger partial charge in [0.05, 0.1) is 12.3 Å². The Labute approximate surface area is 112 Å². The molecule has 3 rings (SSSR count). The Hall–Kier alpha value is -1.82. The van der Waals surface area contributed by atoms with Crippen molar-refractivity contribution in [3.63, 3.8) is 0 Å². The van der Waals surface area contributed by atoms with Crippen molar-refractivity contribution in [2.45, 2.75) is 25.9 Å². The van der Waals surface area contributed by atoms with E-state index in [9.17, 15) is 0 Å². The first-order valence-electron chi connectivity index (χ1n) is 6.73. The summed E-state index contributed by atoms with van der Waals surface area (Å²) in [7, 11) is 0. The molecule has 3 heterocycles. The van der Waals surface area contributed by atoms with Crippen LogP contribution in [0.5, 0.6) is 0 Å². The van der Waals surface area contributed by atoms with Crippen LogP contribution in [0.25, 0.3) is 5.65 Å². The highest BCUT2D eigenvalue weighted by atomic mass is 16.5. The summed E-state index contributed by atoms with van der Waals surface area (Å²) < 4.78 is 7.59. The van der Waals surface area contributed by atoms with Gasteiger partial charge in [-0.3, -0.25) is 0 Å². The van der Waals surface area contributed by atoms with Crippen LogP contribution < -0.4 is 10.6 Å². The van der Waals surface area contributed by atoms with E-state index in [1.807, 2.05) is 17.5 Å². The van der Waals surface area contributed by atoms with Crippen molar-refractivity contribution in [3.8, 4) is 0 Å². The van der Waals surface area contributed by atoms with Gasteiger partial charge in [0.15, 0.2) is 11.5 Å². The summed E-state index contributed by atoms with van der Waals surface area (Å²) in [5.74, 6) is 1.40. The molecule has 6 nitrogen and oxygen atoms in total. The number of hydrogen-bond acceptors (Lipinski definition) is 5. The van der Waals surface area contributed by atoms with Crippen LogP contribution >= 0.6 is 0 Å². The number of anilines is 2. The molecule has 1 fully saturated rings. The van der Waals surface area contributed by atoms with Gasteiger partial charge in [0.25, 0.3) is 0 Å². The molecule has 0 amide bonds. The number of aromatic nitrogens is 3. The smallest absolute Gasteiger partial charge is 0.180 e. The number of piperidine rings is 1. The Kier molecular flexibility index (Phi) is 3.25. The second kappa shape index (κ2) is 5.05. The number of fused-ring (bicyclic) bond motifs is 1. The summed E-state index contributed by atoms with van der Waals surface area (Å²) in [6.07, 6.45) is 7.88. The summed E-state index contributed by atoms with van der Waals surface area (Å²) in [5.41, 5.74) is 6.72. The molecule has 0 radical (unpaired) electrons. The molecule has 6 heteroatoms. The largest absolute Gasteiger partial charge is 0.382 e. The Morgan fingerprint density at radius 1 is 1.42 bits per heavy atom. The highest BCUT2D eigenvalue weighted by Gasteiger charge is 2.22. The highest BCUT2D eigenvalue weighted by molar-refractivity contribution is 5.66. The van der Waals surface area contributed by atoms with Crippen molar-refractivity contribution in [2.75, 3.05) is 30.3 Å². The van der Waals surface area contributed by atoms with E-state index in [1.165, 1.54) is 0 Å². The van der Waals surface area contributed by atoms with E-state index in [4.69, 9.17) is 10.5 Å². The Balaban J connectivity index is 1.83. The van der Waals surface area contributed by atoms with E-state index in [1.54, 1.807) is 12.4 Å². The van der Waals surface area contributed by atoms with Gasteiger partial charge < -0.3 is 19.8 Å². The molecule has 2 aromatic heterocycles. The van der Waals surface area contributed by atoms with Crippen LogP contribution in [0, 0.1) is 0 Å². The zero-order valence-electron chi connectivity index (χ0n) is 11.1. The van der Waals surface area contributed by atoms with E-state index in [0.29, 0.717) is 11.9 Å². The molecule has 0 unspecified atom stereocenters. The fourth-order valence-electron chi connectivity index (χ4n) is 2.62. The summed E-state index contributed by atoms with van der Waals surface area (Å²) in [6.45, 7) is 4.69. The topological polar surface area (TPSA) is 68.7 Å². The molecule has 0 aliphatic carbocycles. The van der Waals surface area contributed by atoms with Gasteiger partial charge in [-0.2, -0.15) is 0 Å². The number of hydrogen-bond donors (Lipinski definition) is 1. The summed E-state index contributed by atoms with van der Waals surface area (Å²) >= 11 is 0. The molecule has 0 atom stereocenters. The molecule has 0 aromatic carbocycles. The van der Waals surface area contributed by atoms with E-state index >= 15 is 0 Å². The fourth-order valence-corrected chi connectivity index (χ4v) is 2.62. The molecular weight excluding hydrogens is 242 g/mol. The van der Waals surface area contributed by atoms with Crippen molar-refractivity contribution in [1.29, 1.82) is 0 Å². The van der Waals surface area contributed by atoms with E-state index in [0.717, 1.165) is 44.0 Å². The Morgan fingerprint density at radius 2 is 2.21 bits per heavy atom. The van der Waals surface area contributed by atoms with Crippen molar-refractivity contribution >= 4 is 17.3 Å². The number of imidazole rings is 1. The standard InChI is InChI=1S/C13H19N5O/c1-2-19-10-3-6-17(7-4-10)13-12-15-5-8-18(12)9-11(14)16-13/h5,8-10H,2-4,6-7,14H2,1H3. The van der Waals surface area contributed by atoms with Crippen LogP contribution in [0.4, 0.5) is 11.6 Å². The fraction of sp³-hybridized carbons (Fsp3) is 0.538. The molecule has 2 aromatic rings. The molecule has 0 saturated carbocycles. The lowest BCUT2D eigenvalue weighted by Gasteiger charge is -2.32. The monoisotopic (exact) mass is 261 g/mol. The third-order valence-corrected chi connectivity index (χ3v) is 3.52. The molecule has 19 heavy (non-hydrogen) atoms. The van der Waals surface area contributed by atoms with Gasteiger partial charge in [0.1, 0.15) is 5.82 Å². The van der Waals surface area contributed by atoms with Gasteiger partial charge in [-0.15, -0.1) is 0 Å². The lowest BCUT2D eigenvalue weighted by Crippen LogP contribution is -2.37. The van der Waals surface area contributed by atoms with Crippen LogP contribution in [0.1, 0.15) is 19.8 Å². The summed E-state index contributed by atoms with van der Waals surface area (Å²) in [5, 5.41) is 0. The molecule has 2 N–H and O–H groups in total. The van der Waals surface area contributed by atoms with Gasteiger partial charge in [0, 0.05) is 32.1 Å². The minimum absolute atomic E-state index is 0.373. The normalized spacial score (nSPS) is 17.2. The summed E-state index contributed by atoms with van der Waals surface area (Å²) in [6, 6.07) is 0. The third kappa shape index (κ3) is 2.35. The molecule has 1 saturated heterocycles. The van der Waals surface area contributed by atoms with Gasteiger partial charge in [-0.1, -0.05) is 0 Å². The van der Waals surface area contributed by atoms with E-state index in [2.05, 4.69) is 14.9 Å². The van der Waals surface area contributed by atoms with Gasteiger partial charge in [-0.25, -0.2) is 9.97 Å². The Morgan fingerprint density at radius 3 is 2.95 bits per heavy atom. The predicted molar refractivity (Wildman–Crippen MR) is 74.3 cm³/mol. The van der Waals surface area contributed by atoms with Crippen LogP contribution in [0.3, 0.4) is 0 Å². The first kappa shape index (κ1) is 12.2. The summed E-state index contributed by atoms with van der Waals surface area (Å²) in [4.78, 5) is 11.1. The molecule has 1 aliphatic heterocycles. The van der Waals surface area contributed by atoms with Crippen molar-refractivity contribution in [3.05, 3.63) is 18.6 Å². The lowest BCUT2D eigenvalue weighted by molar-refractivity contribution is 0.0458. The lowest BCUT2D eigenvalue weighted by atomic mass is 10.1. The van der Waals surface area contributed by atoms with Gasteiger partial charge in [-0.05, 0) is 19.8 Å². The molecule has 0 bridgehead atoms. The van der Waals surface area contributed by atoms with Crippen molar-refractivity contribution in [1.82, 2.24) is 14.4 Å². The van der Waals surface area contributed by atoms with Crippen LogP contribution in [0.15, 0.2) is 18.6 Å². The van der Waals surface area contributed by atoms with Crippen LogP contribution in [-0.4, -0.2) is 40.2 Å². The molecular formula is C13H19N5O. The van der Waals surface area contributed by atoms with Gasteiger partial charge >= 0.3 is 0 Å². The van der Waals surface area contributed by atoms with Crippen molar-refractivity contribution < 1.29 is 4.74 Å². The van der Waals surface area contributed by atoms with Crippen molar-refractivity contribution in [2.24, 2.45) is 0 Å². The first-order valence-corrected chi connectivity index (χ1v) is 6.73.